The smallest absolute Gasteiger partial charge is 0.0743 e. The second-order valence-electron chi connectivity index (χ2n) is 5.28. The molecule has 1 heterocycles. The Hall–Kier alpha value is -1.42. The van der Waals surface area contributed by atoms with Gasteiger partial charge in [-0.3, -0.25) is 4.98 Å². The summed E-state index contributed by atoms with van der Waals surface area (Å²) >= 11 is 2.06. The highest BCUT2D eigenvalue weighted by Gasteiger charge is 2.27. The first kappa shape index (κ1) is 13.6. The van der Waals surface area contributed by atoms with E-state index in [0.717, 1.165) is 22.3 Å². The number of benzene rings is 1. The van der Waals surface area contributed by atoms with Gasteiger partial charge >= 0.3 is 0 Å². The molecule has 3 N–H and O–H groups in total. The Bertz CT molecular complexity index is 599. The van der Waals surface area contributed by atoms with Crippen molar-refractivity contribution in [2.75, 3.05) is 16.8 Å². The van der Waals surface area contributed by atoms with Crippen LogP contribution >= 0.6 is 11.8 Å². The summed E-state index contributed by atoms with van der Waals surface area (Å²) in [7, 11) is 0. The molecule has 1 aliphatic rings. The molecule has 4 heteroatoms. The molecule has 20 heavy (non-hydrogen) atoms. The second kappa shape index (κ2) is 5.92. The van der Waals surface area contributed by atoms with E-state index in [9.17, 15) is 0 Å². The first-order valence-corrected chi connectivity index (χ1v) is 8.36. The third-order valence-electron chi connectivity index (χ3n) is 3.97. The quantitative estimate of drug-likeness (QED) is 0.895. The Morgan fingerprint density at radius 1 is 1.35 bits per heavy atom. The highest BCUT2D eigenvalue weighted by atomic mass is 32.2. The van der Waals surface area contributed by atoms with Gasteiger partial charge in [-0.15, -0.1) is 0 Å². The predicted octanol–water partition coefficient (Wildman–Crippen LogP) is 3.90. The predicted molar refractivity (Wildman–Crippen MR) is 89.3 cm³/mol. The molecule has 3 nitrogen and oxygen atoms in total. The summed E-state index contributed by atoms with van der Waals surface area (Å²) in [6.07, 6.45) is 5.60. The van der Waals surface area contributed by atoms with Gasteiger partial charge in [-0.05, 0) is 24.7 Å². The van der Waals surface area contributed by atoms with Crippen molar-refractivity contribution in [1.82, 2.24) is 4.98 Å². The minimum absolute atomic E-state index is 0.521. The maximum Gasteiger partial charge on any atom is 0.0743 e. The Morgan fingerprint density at radius 3 is 3.05 bits per heavy atom. The number of nitrogens with one attached hydrogen (secondary N) is 1. The van der Waals surface area contributed by atoms with E-state index < -0.39 is 0 Å². The molecule has 0 amide bonds. The van der Waals surface area contributed by atoms with E-state index in [4.69, 9.17) is 5.73 Å². The molecule has 3 rings (SSSR count). The molecule has 1 aromatic carbocycles. The lowest BCUT2D eigenvalue weighted by atomic mass is 10.1. The number of para-hydroxylation sites is 1. The number of anilines is 2. The molecule has 1 aromatic heterocycles. The number of nitrogens with zero attached hydrogens (tertiary/aromatic N) is 1. The van der Waals surface area contributed by atoms with Crippen molar-refractivity contribution in [1.29, 1.82) is 0 Å². The van der Waals surface area contributed by atoms with Crippen LogP contribution in [0.25, 0.3) is 10.9 Å². The zero-order valence-electron chi connectivity index (χ0n) is 11.8. The number of hydrogen-bond acceptors (Lipinski definition) is 4. The van der Waals surface area contributed by atoms with Crippen LogP contribution in [0.5, 0.6) is 0 Å². The van der Waals surface area contributed by atoms with Gasteiger partial charge in [0, 0.05) is 16.7 Å². The summed E-state index contributed by atoms with van der Waals surface area (Å²) in [4.78, 5) is 4.40. The Labute approximate surface area is 124 Å². The van der Waals surface area contributed by atoms with E-state index in [2.05, 4.69) is 35.1 Å². The standard InChI is InChI=1S/C16H21N3S/c1-2-20-15-9-5-8-14(15)19-16-11-6-3-4-7-13(11)18-10-12(16)17/h3-4,6-7,10,14-15H,2,5,8-9,17H2,1H3,(H,18,19). The summed E-state index contributed by atoms with van der Waals surface area (Å²) < 4.78 is 0. The summed E-state index contributed by atoms with van der Waals surface area (Å²) in [6, 6.07) is 8.71. The van der Waals surface area contributed by atoms with E-state index in [-0.39, 0.29) is 0 Å². The van der Waals surface area contributed by atoms with E-state index in [1.165, 1.54) is 25.0 Å². The van der Waals surface area contributed by atoms with Crippen LogP contribution in [0.3, 0.4) is 0 Å². The fraction of sp³-hybridized carbons (Fsp3) is 0.438. The van der Waals surface area contributed by atoms with Crippen LogP contribution < -0.4 is 11.1 Å². The molecule has 0 spiro atoms. The van der Waals surface area contributed by atoms with Crippen molar-refractivity contribution in [3.05, 3.63) is 30.5 Å². The van der Waals surface area contributed by atoms with E-state index in [1.807, 2.05) is 18.2 Å². The number of nitrogens with two attached hydrogens (primary N) is 1. The SMILES string of the molecule is CCSC1CCCC1Nc1c(N)cnc2ccccc12. The molecule has 1 aliphatic carbocycles. The summed E-state index contributed by atoms with van der Waals surface area (Å²) in [5.41, 5.74) is 8.96. The molecular weight excluding hydrogens is 266 g/mol. The van der Waals surface area contributed by atoms with E-state index in [1.54, 1.807) is 6.20 Å². The van der Waals surface area contributed by atoms with Crippen molar-refractivity contribution in [3.8, 4) is 0 Å². The van der Waals surface area contributed by atoms with E-state index >= 15 is 0 Å². The van der Waals surface area contributed by atoms with Crippen LogP contribution in [-0.4, -0.2) is 22.0 Å². The molecule has 2 atom stereocenters. The van der Waals surface area contributed by atoms with Gasteiger partial charge in [0.15, 0.2) is 0 Å². The van der Waals surface area contributed by atoms with Crippen LogP contribution in [0.15, 0.2) is 30.5 Å². The largest absolute Gasteiger partial charge is 0.396 e. The van der Waals surface area contributed by atoms with Crippen LogP contribution in [0.2, 0.25) is 0 Å². The number of aromatic nitrogens is 1. The normalized spacial score (nSPS) is 22.2. The lowest BCUT2D eigenvalue weighted by molar-refractivity contribution is 0.769. The van der Waals surface area contributed by atoms with Gasteiger partial charge in [-0.25, -0.2) is 0 Å². The Balaban J connectivity index is 1.92. The minimum atomic E-state index is 0.521. The van der Waals surface area contributed by atoms with Gasteiger partial charge in [0.05, 0.1) is 23.1 Å². The first-order valence-electron chi connectivity index (χ1n) is 7.31. The third-order valence-corrected chi connectivity index (χ3v) is 5.29. The van der Waals surface area contributed by atoms with Gasteiger partial charge < -0.3 is 11.1 Å². The molecule has 1 fully saturated rings. The average molecular weight is 287 g/mol. The van der Waals surface area contributed by atoms with Gasteiger partial charge in [0.1, 0.15) is 0 Å². The van der Waals surface area contributed by atoms with Crippen molar-refractivity contribution in [2.45, 2.75) is 37.5 Å². The Morgan fingerprint density at radius 2 is 2.20 bits per heavy atom. The second-order valence-corrected chi connectivity index (χ2v) is 6.80. The van der Waals surface area contributed by atoms with Crippen molar-refractivity contribution < 1.29 is 0 Å². The van der Waals surface area contributed by atoms with Crippen LogP contribution in [-0.2, 0) is 0 Å². The average Bonchev–Trinajstić information content (AvgIpc) is 2.90. The number of hydrogen-bond donors (Lipinski definition) is 2. The number of thioether (sulfide) groups is 1. The fourth-order valence-electron chi connectivity index (χ4n) is 3.01. The summed E-state index contributed by atoms with van der Waals surface area (Å²) in [6.45, 7) is 2.23. The van der Waals surface area contributed by atoms with Crippen molar-refractivity contribution in [2.24, 2.45) is 0 Å². The van der Waals surface area contributed by atoms with Gasteiger partial charge in [-0.2, -0.15) is 11.8 Å². The van der Waals surface area contributed by atoms with Crippen molar-refractivity contribution >= 4 is 34.0 Å². The van der Waals surface area contributed by atoms with Gasteiger partial charge in [0.2, 0.25) is 0 Å². The maximum absolute atomic E-state index is 6.15. The molecule has 2 aromatic rings. The molecule has 0 saturated heterocycles. The number of rotatable bonds is 4. The lowest BCUT2D eigenvalue weighted by Crippen LogP contribution is -2.26. The van der Waals surface area contributed by atoms with E-state index in [0.29, 0.717) is 11.3 Å². The summed E-state index contributed by atoms with van der Waals surface area (Å²) in [5, 5.41) is 5.53. The first-order chi connectivity index (χ1) is 9.79. The Kier molecular flexibility index (Phi) is 4.01. The minimum Gasteiger partial charge on any atom is -0.396 e. The van der Waals surface area contributed by atoms with Crippen molar-refractivity contribution in [3.63, 3.8) is 0 Å². The van der Waals surface area contributed by atoms with Crippen LogP contribution in [0.4, 0.5) is 11.4 Å². The number of pyridine rings is 1. The highest BCUT2D eigenvalue weighted by Crippen LogP contribution is 2.35. The van der Waals surface area contributed by atoms with Gasteiger partial charge in [0.25, 0.3) is 0 Å². The number of fused-ring (bicyclic) bond motifs is 1. The maximum atomic E-state index is 6.15. The molecular formula is C16H21N3S. The molecule has 106 valence electrons. The molecule has 0 aliphatic heterocycles. The summed E-state index contributed by atoms with van der Waals surface area (Å²) in [5.74, 6) is 1.18. The highest BCUT2D eigenvalue weighted by molar-refractivity contribution is 7.99. The zero-order chi connectivity index (χ0) is 13.9. The third kappa shape index (κ3) is 2.57. The van der Waals surface area contributed by atoms with Gasteiger partial charge in [-0.1, -0.05) is 31.5 Å². The molecule has 0 bridgehead atoms. The molecule has 2 unspecified atom stereocenters. The fourth-order valence-corrected chi connectivity index (χ4v) is 4.21. The molecule has 1 saturated carbocycles. The number of nitrogen functional groups attached to an aromatic ring is 1. The monoisotopic (exact) mass is 287 g/mol. The molecule has 0 radical (unpaired) electrons. The van der Waals surface area contributed by atoms with Crippen LogP contribution in [0.1, 0.15) is 26.2 Å². The van der Waals surface area contributed by atoms with Crippen LogP contribution in [0, 0.1) is 0 Å². The lowest BCUT2D eigenvalue weighted by Gasteiger charge is -2.23. The zero-order valence-corrected chi connectivity index (χ0v) is 12.6. The topological polar surface area (TPSA) is 50.9 Å².